The van der Waals surface area contributed by atoms with Gasteiger partial charge < -0.3 is 5.32 Å². The Labute approximate surface area is 147 Å². The van der Waals surface area contributed by atoms with Crippen molar-refractivity contribution in [3.8, 4) is 5.82 Å². The van der Waals surface area contributed by atoms with Crippen LogP contribution in [-0.2, 0) is 6.54 Å². The van der Waals surface area contributed by atoms with Gasteiger partial charge in [0.05, 0.1) is 11.3 Å². The van der Waals surface area contributed by atoms with Gasteiger partial charge in [0.25, 0.3) is 5.91 Å². The summed E-state index contributed by atoms with van der Waals surface area (Å²) in [6.45, 7) is 6.75. The fraction of sp³-hybridized carbons (Fsp3) is 0.250. The maximum Gasteiger partial charge on any atom is 0.253 e. The van der Waals surface area contributed by atoms with Crippen molar-refractivity contribution in [2.45, 2.75) is 33.2 Å². The van der Waals surface area contributed by atoms with E-state index in [4.69, 9.17) is 0 Å². The number of aromatic nitrogens is 3. The highest BCUT2D eigenvalue weighted by molar-refractivity contribution is 5.93. The van der Waals surface area contributed by atoms with Crippen molar-refractivity contribution in [1.29, 1.82) is 0 Å². The number of hydrogen-bond acceptors (Lipinski definition) is 3. The Morgan fingerprint density at radius 1 is 1.12 bits per heavy atom. The summed E-state index contributed by atoms with van der Waals surface area (Å²) in [7, 11) is 0. The second-order valence-electron chi connectivity index (χ2n) is 6.39. The molecule has 0 fully saturated rings. The van der Waals surface area contributed by atoms with Gasteiger partial charge in [-0.1, -0.05) is 38.1 Å². The molecule has 1 amide bonds. The number of aryl methyl sites for hydroxylation is 1. The molecule has 2 aromatic heterocycles. The van der Waals surface area contributed by atoms with E-state index in [-0.39, 0.29) is 5.91 Å². The highest BCUT2D eigenvalue weighted by atomic mass is 16.1. The fourth-order valence-corrected chi connectivity index (χ4v) is 2.50. The van der Waals surface area contributed by atoms with Crippen LogP contribution in [-0.4, -0.2) is 20.7 Å². The molecule has 0 spiro atoms. The lowest BCUT2D eigenvalue weighted by atomic mass is 10.0. The molecule has 0 unspecified atom stereocenters. The summed E-state index contributed by atoms with van der Waals surface area (Å²) >= 11 is 0. The molecule has 0 atom stereocenters. The Bertz CT molecular complexity index is 848. The van der Waals surface area contributed by atoms with Crippen molar-refractivity contribution in [1.82, 2.24) is 20.1 Å². The standard InChI is InChI=1S/C20H22N4O/c1-14(2)17-6-4-16(5-7-17)12-22-20(25)18-8-9-19(21-13-18)24-11-10-15(3)23-24/h4-11,13-14H,12H2,1-3H3,(H,22,25). The maximum absolute atomic E-state index is 12.3. The van der Waals surface area contributed by atoms with Crippen LogP contribution in [0.15, 0.2) is 54.9 Å². The van der Waals surface area contributed by atoms with Crippen molar-refractivity contribution in [3.63, 3.8) is 0 Å². The van der Waals surface area contributed by atoms with E-state index >= 15 is 0 Å². The number of hydrogen-bond donors (Lipinski definition) is 1. The predicted molar refractivity (Wildman–Crippen MR) is 97.8 cm³/mol. The number of carbonyl (C=O) groups excluding carboxylic acids is 1. The first kappa shape index (κ1) is 16.9. The third-order valence-corrected chi connectivity index (χ3v) is 4.07. The third kappa shape index (κ3) is 4.12. The summed E-state index contributed by atoms with van der Waals surface area (Å²) < 4.78 is 1.69. The fourth-order valence-electron chi connectivity index (χ4n) is 2.50. The van der Waals surface area contributed by atoms with Crippen molar-refractivity contribution < 1.29 is 4.79 Å². The molecule has 2 heterocycles. The average Bonchev–Trinajstić information content (AvgIpc) is 3.06. The van der Waals surface area contributed by atoms with E-state index in [0.29, 0.717) is 23.8 Å². The minimum Gasteiger partial charge on any atom is -0.348 e. The zero-order chi connectivity index (χ0) is 17.8. The van der Waals surface area contributed by atoms with Crippen molar-refractivity contribution >= 4 is 5.91 Å². The number of benzene rings is 1. The number of rotatable bonds is 5. The molecule has 3 rings (SSSR count). The number of pyridine rings is 1. The van der Waals surface area contributed by atoms with Crippen molar-refractivity contribution in [3.05, 3.63) is 77.2 Å². The molecule has 0 aliphatic carbocycles. The zero-order valence-electron chi connectivity index (χ0n) is 14.7. The molecule has 0 bridgehead atoms. The summed E-state index contributed by atoms with van der Waals surface area (Å²) in [6, 6.07) is 13.8. The first-order valence-corrected chi connectivity index (χ1v) is 8.38. The Hall–Kier alpha value is -2.95. The molecule has 0 radical (unpaired) electrons. The molecule has 1 N–H and O–H groups in total. The lowest BCUT2D eigenvalue weighted by Gasteiger charge is -2.08. The molecular formula is C20H22N4O. The van der Waals surface area contributed by atoms with Gasteiger partial charge in [-0.3, -0.25) is 4.79 Å². The molecule has 128 valence electrons. The SMILES string of the molecule is Cc1ccn(-c2ccc(C(=O)NCc3ccc(C(C)C)cc3)cn2)n1. The highest BCUT2D eigenvalue weighted by Gasteiger charge is 2.07. The maximum atomic E-state index is 12.3. The minimum absolute atomic E-state index is 0.136. The van der Waals surface area contributed by atoms with Crippen LogP contribution in [0, 0.1) is 6.92 Å². The number of nitrogens with zero attached hydrogens (tertiary/aromatic N) is 3. The van der Waals surface area contributed by atoms with Gasteiger partial charge in [0.15, 0.2) is 5.82 Å². The van der Waals surface area contributed by atoms with E-state index < -0.39 is 0 Å². The molecule has 0 saturated carbocycles. The van der Waals surface area contributed by atoms with Crippen LogP contribution in [0.5, 0.6) is 0 Å². The molecule has 0 saturated heterocycles. The van der Waals surface area contributed by atoms with Crippen LogP contribution in [0.2, 0.25) is 0 Å². The first-order chi connectivity index (χ1) is 12.0. The van der Waals surface area contributed by atoms with Crippen LogP contribution in [0.1, 0.15) is 46.9 Å². The second-order valence-corrected chi connectivity index (χ2v) is 6.39. The van der Waals surface area contributed by atoms with Gasteiger partial charge in [0.2, 0.25) is 0 Å². The largest absolute Gasteiger partial charge is 0.348 e. The molecule has 0 aliphatic heterocycles. The minimum atomic E-state index is -0.136. The first-order valence-electron chi connectivity index (χ1n) is 8.38. The summed E-state index contributed by atoms with van der Waals surface area (Å²) in [5.41, 5.74) is 3.83. The summed E-state index contributed by atoms with van der Waals surface area (Å²) in [6.07, 6.45) is 3.42. The Balaban J connectivity index is 1.61. The topological polar surface area (TPSA) is 59.8 Å². The van der Waals surface area contributed by atoms with Crippen LogP contribution >= 0.6 is 0 Å². The molecule has 5 heteroatoms. The van der Waals surface area contributed by atoms with Gasteiger partial charge in [-0.2, -0.15) is 5.10 Å². The van der Waals surface area contributed by atoms with Crippen molar-refractivity contribution in [2.24, 2.45) is 0 Å². The number of nitrogens with one attached hydrogen (secondary N) is 1. The Kier molecular flexibility index (Phi) is 4.93. The summed E-state index contributed by atoms with van der Waals surface area (Å²) in [5.74, 6) is 1.06. The molecular weight excluding hydrogens is 312 g/mol. The quantitative estimate of drug-likeness (QED) is 0.775. The van der Waals surface area contributed by atoms with Crippen LogP contribution in [0.4, 0.5) is 0 Å². The monoisotopic (exact) mass is 334 g/mol. The highest BCUT2D eigenvalue weighted by Crippen LogP contribution is 2.14. The van der Waals surface area contributed by atoms with E-state index in [1.165, 1.54) is 5.56 Å². The summed E-state index contributed by atoms with van der Waals surface area (Å²) in [4.78, 5) is 16.6. The van der Waals surface area contributed by atoms with Crippen LogP contribution in [0.25, 0.3) is 5.82 Å². The van der Waals surface area contributed by atoms with Gasteiger partial charge in [0.1, 0.15) is 0 Å². The van der Waals surface area contributed by atoms with E-state index in [1.54, 1.807) is 23.0 Å². The lowest BCUT2D eigenvalue weighted by Crippen LogP contribution is -2.23. The van der Waals surface area contributed by atoms with Gasteiger partial charge in [0, 0.05) is 18.9 Å². The average molecular weight is 334 g/mol. The van der Waals surface area contributed by atoms with Gasteiger partial charge in [-0.05, 0) is 42.2 Å². The van der Waals surface area contributed by atoms with E-state index in [2.05, 4.69) is 53.5 Å². The predicted octanol–water partition coefficient (Wildman–Crippen LogP) is 3.63. The van der Waals surface area contributed by atoms with Crippen LogP contribution < -0.4 is 5.32 Å². The van der Waals surface area contributed by atoms with Crippen LogP contribution in [0.3, 0.4) is 0 Å². The van der Waals surface area contributed by atoms with E-state index in [0.717, 1.165) is 11.3 Å². The van der Waals surface area contributed by atoms with Gasteiger partial charge in [-0.25, -0.2) is 9.67 Å². The smallest absolute Gasteiger partial charge is 0.253 e. The van der Waals surface area contributed by atoms with E-state index in [9.17, 15) is 4.79 Å². The number of carbonyl (C=O) groups is 1. The lowest BCUT2D eigenvalue weighted by molar-refractivity contribution is 0.0950. The summed E-state index contributed by atoms with van der Waals surface area (Å²) in [5, 5.41) is 7.23. The van der Waals surface area contributed by atoms with Gasteiger partial charge >= 0.3 is 0 Å². The second kappa shape index (κ2) is 7.30. The molecule has 25 heavy (non-hydrogen) atoms. The van der Waals surface area contributed by atoms with Crippen molar-refractivity contribution in [2.75, 3.05) is 0 Å². The Morgan fingerprint density at radius 3 is 2.44 bits per heavy atom. The number of amides is 1. The Morgan fingerprint density at radius 2 is 1.88 bits per heavy atom. The third-order valence-electron chi connectivity index (χ3n) is 4.07. The zero-order valence-corrected chi connectivity index (χ0v) is 14.7. The molecule has 3 aromatic rings. The van der Waals surface area contributed by atoms with E-state index in [1.807, 2.05) is 19.2 Å². The molecule has 5 nitrogen and oxygen atoms in total. The molecule has 0 aliphatic rings. The molecule has 1 aromatic carbocycles. The normalized spacial score (nSPS) is 10.9. The van der Waals surface area contributed by atoms with Gasteiger partial charge in [-0.15, -0.1) is 0 Å².